The van der Waals surface area contributed by atoms with Crippen LogP contribution in [-0.4, -0.2) is 47.4 Å². The van der Waals surface area contributed by atoms with Crippen molar-refractivity contribution in [2.24, 2.45) is 0 Å². The fraction of sp³-hybridized carbons (Fsp3) is 0.855. The van der Waals surface area contributed by atoms with Crippen LogP contribution in [0.4, 0.5) is 0 Å². The number of esters is 1. The SMILES string of the molecule is CCCC/C=C\C/C=C\CCCCCCCC(=O)OCCCCCCCCCCCCCCCCCC(=O)NC(CO)C(O)/C=C/CCCCCCCCCCCCCCC. The molecule has 0 radical (unpaired) electrons. The van der Waals surface area contributed by atoms with Crippen LogP contribution in [-0.2, 0) is 14.3 Å². The summed E-state index contributed by atoms with van der Waals surface area (Å²) < 4.78 is 5.46. The van der Waals surface area contributed by atoms with E-state index in [-0.39, 0.29) is 18.5 Å². The van der Waals surface area contributed by atoms with Gasteiger partial charge >= 0.3 is 5.97 Å². The molecule has 0 saturated carbocycles. The molecule has 0 aromatic heterocycles. The van der Waals surface area contributed by atoms with Gasteiger partial charge in [-0.2, -0.15) is 0 Å². The van der Waals surface area contributed by atoms with Crippen molar-refractivity contribution >= 4 is 11.9 Å². The number of aliphatic hydroxyl groups excluding tert-OH is 2. The molecule has 0 bridgehead atoms. The molecule has 0 aromatic rings. The zero-order valence-electron chi connectivity index (χ0n) is 40.6. The van der Waals surface area contributed by atoms with E-state index in [1.165, 1.54) is 186 Å². The van der Waals surface area contributed by atoms with Gasteiger partial charge < -0.3 is 20.3 Å². The number of hydrogen-bond acceptors (Lipinski definition) is 5. The lowest BCUT2D eigenvalue weighted by Crippen LogP contribution is -2.45. The van der Waals surface area contributed by atoms with E-state index >= 15 is 0 Å². The molecule has 0 fully saturated rings. The highest BCUT2D eigenvalue weighted by Gasteiger charge is 2.18. The summed E-state index contributed by atoms with van der Waals surface area (Å²) in [7, 11) is 0. The molecule has 6 heteroatoms. The number of hydrogen-bond donors (Lipinski definition) is 3. The van der Waals surface area contributed by atoms with E-state index < -0.39 is 12.1 Å². The molecule has 1 amide bonds. The molecule has 0 aliphatic rings. The zero-order valence-corrected chi connectivity index (χ0v) is 40.6. The van der Waals surface area contributed by atoms with Gasteiger partial charge in [0, 0.05) is 12.8 Å². The van der Waals surface area contributed by atoms with Crippen LogP contribution in [0, 0.1) is 0 Å². The first-order valence-corrected chi connectivity index (χ1v) is 26.8. The summed E-state index contributed by atoms with van der Waals surface area (Å²) in [6.07, 6.45) is 61.4. The summed E-state index contributed by atoms with van der Waals surface area (Å²) in [6.45, 7) is 4.84. The van der Waals surface area contributed by atoms with E-state index in [9.17, 15) is 19.8 Å². The largest absolute Gasteiger partial charge is 0.466 e. The number of amides is 1. The molecule has 358 valence electrons. The van der Waals surface area contributed by atoms with Crippen molar-refractivity contribution in [3.05, 3.63) is 36.5 Å². The van der Waals surface area contributed by atoms with E-state index in [1.807, 2.05) is 6.08 Å². The monoisotopic (exact) mass is 858 g/mol. The maximum atomic E-state index is 12.4. The predicted molar refractivity (Wildman–Crippen MR) is 264 cm³/mol. The smallest absolute Gasteiger partial charge is 0.305 e. The average Bonchev–Trinajstić information content (AvgIpc) is 3.26. The quantitative estimate of drug-likeness (QED) is 0.0322. The number of aliphatic hydroxyl groups is 2. The second-order valence-electron chi connectivity index (χ2n) is 18.2. The van der Waals surface area contributed by atoms with E-state index in [0.717, 1.165) is 64.2 Å². The number of rotatable bonds is 49. The van der Waals surface area contributed by atoms with Crippen LogP contribution in [0.1, 0.15) is 277 Å². The Morgan fingerprint density at radius 3 is 1.30 bits per heavy atom. The van der Waals surface area contributed by atoms with Crippen molar-refractivity contribution in [3.63, 3.8) is 0 Å². The Morgan fingerprint density at radius 1 is 0.459 bits per heavy atom. The molecule has 0 saturated heterocycles. The number of allylic oxidation sites excluding steroid dienone is 5. The van der Waals surface area contributed by atoms with E-state index in [2.05, 4.69) is 43.5 Å². The fourth-order valence-electron chi connectivity index (χ4n) is 8.00. The maximum absolute atomic E-state index is 12.4. The zero-order chi connectivity index (χ0) is 44.4. The van der Waals surface area contributed by atoms with E-state index in [0.29, 0.717) is 19.4 Å². The van der Waals surface area contributed by atoms with Gasteiger partial charge in [-0.3, -0.25) is 9.59 Å². The predicted octanol–water partition coefficient (Wildman–Crippen LogP) is 16.1. The van der Waals surface area contributed by atoms with Gasteiger partial charge in [-0.25, -0.2) is 0 Å². The first-order chi connectivity index (χ1) is 30.0. The summed E-state index contributed by atoms with van der Waals surface area (Å²) in [5.74, 6) is -0.0925. The lowest BCUT2D eigenvalue weighted by atomic mass is 10.0. The van der Waals surface area contributed by atoms with Gasteiger partial charge in [0.15, 0.2) is 0 Å². The Kier molecular flexibility index (Phi) is 49.1. The summed E-state index contributed by atoms with van der Waals surface area (Å²) in [4.78, 5) is 24.5. The number of unbranched alkanes of at least 4 members (excludes halogenated alkanes) is 34. The van der Waals surface area contributed by atoms with Gasteiger partial charge in [-0.1, -0.05) is 243 Å². The van der Waals surface area contributed by atoms with Crippen molar-refractivity contribution in [2.75, 3.05) is 13.2 Å². The molecule has 0 aliphatic carbocycles. The van der Waals surface area contributed by atoms with Gasteiger partial charge in [0.25, 0.3) is 0 Å². The molecule has 2 atom stereocenters. The highest BCUT2D eigenvalue weighted by atomic mass is 16.5. The second kappa shape index (κ2) is 50.7. The van der Waals surface area contributed by atoms with Crippen LogP contribution in [0.3, 0.4) is 0 Å². The Morgan fingerprint density at radius 2 is 0.836 bits per heavy atom. The van der Waals surface area contributed by atoms with Gasteiger partial charge in [0.1, 0.15) is 0 Å². The van der Waals surface area contributed by atoms with Crippen LogP contribution < -0.4 is 5.32 Å². The van der Waals surface area contributed by atoms with E-state index in [1.54, 1.807) is 6.08 Å². The van der Waals surface area contributed by atoms with Gasteiger partial charge in [0.05, 0.1) is 25.4 Å². The minimum absolute atomic E-state index is 0.0155. The third-order valence-electron chi connectivity index (χ3n) is 12.2. The lowest BCUT2D eigenvalue weighted by molar-refractivity contribution is -0.143. The first kappa shape index (κ1) is 59.1. The minimum Gasteiger partial charge on any atom is -0.466 e. The highest BCUT2D eigenvalue weighted by Crippen LogP contribution is 2.16. The van der Waals surface area contributed by atoms with Crippen LogP contribution in [0.2, 0.25) is 0 Å². The van der Waals surface area contributed by atoms with Crippen molar-refractivity contribution < 1.29 is 24.5 Å². The van der Waals surface area contributed by atoms with Gasteiger partial charge in [-0.05, 0) is 57.8 Å². The van der Waals surface area contributed by atoms with Crippen molar-refractivity contribution in [3.8, 4) is 0 Å². The summed E-state index contributed by atoms with van der Waals surface area (Å²) in [5, 5.41) is 23.1. The van der Waals surface area contributed by atoms with Gasteiger partial charge in [-0.15, -0.1) is 0 Å². The standard InChI is InChI=1S/C55H103NO5/c1-3-5-7-9-11-13-15-17-20-23-27-31-35-39-43-47-53(58)52(51-57)56-54(59)48-44-40-36-32-28-24-21-19-22-26-30-34-38-42-46-50-61-55(60)49-45-41-37-33-29-25-18-16-14-12-10-8-6-4-2/h10,12,16,18,43,47,52-53,57-58H,3-9,11,13-15,17,19-42,44-46,48-51H2,1-2H3,(H,56,59)/b12-10-,18-16-,47-43+. The summed E-state index contributed by atoms with van der Waals surface area (Å²) in [5.41, 5.74) is 0. The highest BCUT2D eigenvalue weighted by molar-refractivity contribution is 5.76. The Balaban J connectivity index is 3.48. The number of carbonyl (C=O) groups excluding carboxylic acids is 2. The molecule has 6 nitrogen and oxygen atoms in total. The Labute approximate surface area is 379 Å². The normalized spacial score (nSPS) is 12.9. The van der Waals surface area contributed by atoms with Crippen LogP contribution in [0.5, 0.6) is 0 Å². The van der Waals surface area contributed by atoms with Crippen molar-refractivity contribution in [1.29, 1.82) is 0 Å². The van der Waals surface area contributed by atoms with Crippen LogP contribution in [0.25, 0.3) is 0 Å². The third-order valence-corrected chi connectivity index (χ3v) is 12.2. The second-order valence-corrected chi connectivity index (χ2v) is 18.2. The topological polar surface area (TPSA) is 95.9 Å². The molecule has 2 unspecified atom stereocenters. The molecule has 61 heavy (non-hydrogen) atoms. The molecule has 0 spiro atoms. The number of ether oxygens (including phenoxy) is 1. The number of carbonyl (C=O) groups is 2. The molecular formula is C55H103NO5. The summed E-state index contributed by atoms with van der Waals surface area (Å²) in [6, 6.07) is -0.635. The van der Waals surface area contributed by atoms with E-state index in [4.69, 9.17) is 4.74 Å². The lowest BCUT2D eigenvalue weighted by Gasteiger charge is -2.20. The molecule has 0 aliphatic heterocycles. The summed E-state index contributed by atoms with van der Waals surface area (Å²) >= 11 is 0. The molecule has 3 N–H and O–H groups in total. The van der Waals surface area contributed by atoms with Crippen molar-refractivity contribution in [1.82, 2.24) is 5.32 Å². The van der Waals surface area contributed by atoms with Gasteiger partial charge in [0.2, 0.25) is 5.91 Å². The Hall–Kier alpha value is -1.92. The maximum Gasteiger partial charge on any atom is 0.305 e. The van der Waals surface area contributed by atoms with Crippen LogP contribution in [0.15, 0.2) is 36.5 Å². The molecule has 0 aromatic carbocycles. The average molecular weight is 858 g/mol. The molecule has 0 rings (SSSR count). The fourth-order valence-corrected chi connectivity index (χ4v) is 8.00. The third kappa shape index (κ3) is 47.4. The Bertz CT molecular complexity index is 993. The molecular weight excluding hydrogens is 755 g/mol. The number of nitrogens with one attached hydrogen (secondary N) is 1. The minimum atomic E-state index is -0.850. The van der Waals surface area contributed by atoms with Crippen LogP contribution >= 0.6 is 0 Å². The molecule has 0 heterocycles. The van der Waals surface area contributed by atoms with Crippen molar-refractivity contribution in [2.45, 2.75) is 289 Å². The first-order valence-electron chi connectivity index (χ1n) is 26.8.